The van der Waals surface area contributed by atoms with Crippen LogP contribution in [0.3, 0.4) is 0 Å². The predicted octanol–water partition coefficient (Wildman–Crippen LogP) is 1.14. The first-order chi connectivity index (χ1) is 7.13. The zero-order chi connectivity index (χ0) is 11.7. The molecule has 15 heavy (non-hydrogen) atoms. The molecule has 0 saturated carbocycles. The zero-order valence-corrected chi connectivity index (χ0v) is 9.92. The fourth-order valence-electron chi connectivity index (χ4n) is 1.16. The first kappa shape index (κ1) is 13.9. The van der Waals surface area contributed by atoms with Crippen LogP contribution in [0.25, 0.3) is 0 Å². The monoisotopic (exact) mass is 211 g/mol. The number of nitriles is 1. The van der Waals surface area contributed by atoms with Gasteiger partial charge in [0.2, 0.25) is 5.91 Å². The summed E-state index contributed by atoms with van der Waals surface area (Å²) in [7, 11) is 1.86. The van der Waals surface area contributed by atoms with Crippen molar-refractivity contribution in [1.82, 2.24) is 10.2 Å². The zero-order valence-electron chi connectivity index (χ0n) is 9.92. The van der Waals surface area contributed by atoms with Crippen molar-refractivity contribution < 1.29 is 4.79 Å². The summed E-state index contributed by atoms with van der Waals surface area (Å²) in [6.07, 6.45) is 2.56. The molecule has 0 aliphatic rings. The molecule has 0 radical (unpaired) electrons. The highest BCUT2D eigenvalue weighted by Crippen LogP contribution is 1.97. The number of carbonyl (C=O) groups excluding carboxylic acids is 1. The van der Waals surface area contributed by atoms with Crippen LogP contribution in [-0.2, 0) is 4.79 Å². The van der Waals surface area contributed by atoms with E-state index in [0.717, 1.165) is 19.4 Å². The van der Waals surface area contributed by atoms with Crippen molar-refractivity contribution >= 4 is 5.91 Å². The lowest BCUT2D eigenvalue weighted by Crippen LogP contribution is -2.43. The number of amides is 1. The molecule has 1 N–H and O–H groups in total. The minimum absolute atomic E-state index is 0.0453. The maximum atomic E-state index is 11.6. The average molecular weight is 211 g/mol. The molecule has 0 fully saturated rings. The maximum Gasteiger partial charge on any atom is 0.237 e. The standard InChI is InChI=1S/C11H21N3O/c1-4-5-8-13-11(15)10(2)14(3)9-6-7-12/h10H,4-6,8-9H2,1-3H3,(H,13,15). The van der Waals surface area contributed by atoms with Gasteiger partial charge in [0.15, 0.2) is 0 Å². The summed E-state index contributed by atoms with van der Waals surface area (Å²) in [6.45, 7) is 5.33. The number of nitrogens with zero attached hydrogens (tertiary/aromatic N) is 2. The van der Waals surface area contributed by atoms with Gasteiger partial charge in [-0.05, 0) is 20.4 Å². The van der Waals surface area contributed by atoms with Crippen LogP contribution in [-0.4, -0.2) is 37.0 Å². The van der Waals surface area contributed by atoms with Crippen molar-refractivity contribution in [1.29, 1.82) is 5.26 Å². The summed E-state index contributed by atoms with van der Waals surface area (Å²) < 4.78 is 0. The highest BCUT2D eigenvalue weighted by Gasteiger charge is 2.16. The molecule has 0 aliphatic carbocycles. The lowest BCUT2D eigenvalue weighted by molar-refractivity contribution is -0.125. The summed E-state index contributed by atoms with van der Waals surface area (Å²) in [5.74, 6) is 0.0453. The number of carbonyl (C=O) groups is 1. The molecule has 0 saturated heterocycles. The third-order valence-electron chi connectivity index (χ3n) is 2.45. The fraction of sp³-hybridized carbons (Fsp3) is 0.818. The Morgan fingerprint density at radius 1 is 1.60 bits per heavy atom. The summed E-state index contributed by atoms with van der Waals surface area (Å²) >= 11 is 0. The summed E-state index contributed by atoms with van der Waals surface area (Å²) in [6, 6.07) is 1.91. The molecule has 0 aromatic heterocycles. The second-order valence-corrected chi connectivity index (χ2v) is 3.71. The Morgan fingerprint density at radius 3 is 2.80 bits per heavy atom. The van der Waals surface area contributed by atoms with E-state index in [9.17, 15) is 4.79 Å². The van der Waals surface area contributed by atoms with E-state index in [1.807, 2.05) is 18.9 Å². The largest absolute Gasteiger partial charge is 0.355 e. The van der Waals surface area contributed by atoms with Gasteiger partial charge in [0.05, 0.1) is 12.1 Å². The number of unbranched alkanes of at least 4 members (excludes halogenated alkanes) is 1. The van der Waals surface area contributed by atoms with Gasteiger partial charge in [0.25, 0.3) is 0 Å². The Kier molecular flexibility index (Phi) is 7.65. The highest BCUT2D eigenvalue weighted by molar-refractivity contribution is 5.81. The third kappa shape index (κ3) is 6.08. The number of hydrogen-bond acceptors (Lipinski definition) is 3. The van der Waals surface area contributed by atoms with Crippen LogP contribution in [0, 0.1) is 11.3 Å². The summed E-state index contributed by atoms with van der Waals surface area (Å²) in [4.78, 5) is 13.5. The molecule has 4 heteroatoms. The van der Waals surface area contributed by atoms with E-state index in [-0.39, 0.29) is 11.9 Å². The van der Waals surface area contributed by atoms with E-state index in [4.69, 9.17) is 5.26 Å². The number of likely N-dealkylation sites (N-methyl/N-ethyl adjacent to an activating group) is 1. The molecular weight excluding hydrogens is 190 g/mol. The van der Waals surface area contributed by atoms with Crippen LogP contribution in [0.15, 0.2) is 0 Å². The molecule has 0 rings (SSSR count). The van der Waals surface area contributed by atoms with Crippen molar-refractivity contribution in [3.63, 3.8) is 0 Å². The molecule has 0 aromatic rings. The van der Waals surface area contributed by atoms with Crippen LogP contribution in [0.2, 0.25) is 0 Å². The summed E-state index contributed by atoms with van der Waals surface area (Å²) in [5.41, 5.74) is 0. The SMILES string of the molecule is CCCCNC(=O)C(C)N(C)CCC#N. The molecule has 86 valence electrons. The van der Waals surface area contributed by atoms with E-state index in [2.05, 4.69) is 18.3 Å². The van der Waals surface area contributed by atoms with Gasteiger partial charge in [-0.2, -0.15) is 5.26 Å². The predicted molar refractivity (Wildman–Crippen MR) is 60.2 cm³/mol. The highest BCUT2D eigenvalue weighted by atomic mass is 16.2. The molecule has 4 nitrogen and oxygen atoms in total. The molecule has 1 unspecified atom stereocenters. The number of hydrogen-bond donors (Lipinski definition) is 1. The van der Waals surface area contributed by atoms with E-state index in [1.165, 1.54) is 0 Å². The molecule has 1 amide bonds. The average Bonchev–Trinajstić information content (AvgIpc) is 2.24. The fourth-order valence-corrected chi connectivity index (χ4v) is 1.16. The second kappa shape index (κ2) is 8.25. The van der Waals surface area contributed by atoms with Gasteiger partial charge >= 0.3 is 0 Å². The van der Waals surface area contributed by atoms with Gasteiger partial charge in [0, 0.05) is 19.5 Å². The molecule has 0 aromatic carbocycles. The van der Waals surface area contributed by atoms with Crippen LogP contribution >= 0.6 is 0 Å². The van der Waals surface area contributed by atoms with Gasteiger partial charge in [-0.25, -0.2) is 0 Å². The van der Waals surface area contributed by atoms with E-state index < -0.39 is 0 Å². The molecule has 0 heterocycles. The lowest BCUT2D eigenvalue weighted by atomic mass is 10.2. The van der Waals surface area contributed by atoms with Gasteiger partial charge < -0.3 is 5.32 Å². The minimum Gasteiger partial charge on any atom is -0.355 e. The van der Waals surface area contributed by atoms with Gasteiger partial charge in [-0.1, -0.05) is 13.3 Å². The first-order valence-corrected chi connectivity index (χ1v) is 5.48. The van der Waals surface area contributed by atoms with Crippen molar-refractivity contribution in [3.05, 3.63) is 0 Å². The number of nitrogens with one attached hydrogen (secondary N) is 1. The second-order valence-electron chi connectivity index (χ2n) is 3.71. The molecule has 0 bridgehead atoms. The van der Waals surface area contributed by atoms with E-state index in [0.29, 0.717) is 13.0 Å². The Labute approximate surface area is 92.3 Å². The van der Waals surface area contributed by atoms with Gasteiger partial charge in [-0.15, -0.1) is 0 Å². The van der Waals surface area contributed by atoms with Crippen LogP contribution in [0.4, 0.5) is 0 Å². The van der Waals surface area contributed by atoms with Crippen molar-refractivity contribution in [2.75, 3.05) is 20.1 Å². The molecular formula is C11H21N3O. The van der Waals surface area contributed by atoms with Crippen molar-refractivity contribution in [2.24, 2.45) is 0 Å². The molecule has 0 aliphatic heterocycles. The smallest absolute Gasteiger partial charge is 0.237 e. The Bertz CT molecular complexity index is 222. The quantitative estimate of drug-likeness (QED) is 0.642. The minimum atomic E-state index is -0.157. The Hall–Kier alpha value is -1.08. The van der Waals surface area contributed by atoms with Crippen LogP contribution in [0.5, 0.6) is 0 Å². The van der Waals surface area contributed by atoms with Crippen molar-refractivity contribution in [2.45, 2.75) is 39.2 Å². The van der Waals surface area contributed by atoms with Gasteiger partial charge in [0.1, 0.15) is 0 Å². The Balaban J connectivity index is 3.81. The number of rotatable bonds is 7. The third-order valence-corrected chi connectivity index (χ3v) is 2.45. The molecule has 0 spiro atoms. The van der Waals surface area contributed by atoms with E-state index >= 15 is 0 Å². The Morgan fingerprint density at radius 2 is 2.27 bits per heavy atom. The molecule has 1 atom stereocenters. The maximum absolute atomic E-state index is 11.6. The first-order valence-electron chi connectivity index (χ1n) is 5.48. The summed E-state index contributed by atoms with van der Waals surface area (Å²) in [5, 5.41) is 11.3. The van der Waals surface area contributed by atoms with Crippen molar-refractivity contribution in [3.8, 4) is 6.07 Å². The van der Waals surface area contributed by atoms with E-state index in [1.54, 1.807) is 0 Å². The van der Waals surface area contributed by atoms with Crippen LogP contribution < -0.4 is 5.32 Å². The topological polar surface area (TPSA) is 56.1 Å². The normalized spacial score (nSPS) is 12.2. The lowest BCUT2D eigenvalue weighted by Gasteiger charge is -2.22. The van der Waals surface area contributed by atoms with Crippen LogP contribution in [0.1, 0.15) is 33.1 Å². The van der Waals surface area contributed by atoms with Gasteiger partial charge in [-0.3, -0.25) is 9.69 Å².